The lowest BCUT2D eigenvalue weighted by Gasteiger charge is -2.16. The molecular weight excluding hydrogens is 242 g/mol. The van der Waals surface area contributed by atoms with E-state index in [9.17, 15) is 8.78 Å². The molecule has 0 unspecified atom stereocenters. The average Bonchev–Trinajstić information content (AvgIpc) is 2.69. The van der Waals surface area contributed by atoms with Crippen LogP contribution in [0, 0.1) is 11.6 Å². The zero-order valence-corrected chi connectivity index (χ0v) is 9.90. The van der Waals surface area contributed by atoms with Crippen molar-refractivity contribution in [1.82, 2.24) is 0 Å². The molecule has 6 heteroatoms. The van der Waals surface area contributed by atoms with E-state index in [1.807, 2.05) is 6.92 Å². The number of halogens is 2. The highest BCUT2D eigenvalue weighted by Crippen LogP contribution is 2.19. The Morgan fingerprint density at radius 1 is 1.50 bits per heavy atom. The van der Waals surface area contributed by atoms with Crippen LogP contribution in [-0.2, 0) is 4.74 Å². The zero-order valence-electron chi connectivity index (χ0n) is 9.90. The fraction of sp³-hybridized carbons (Fsp3) is 0.417. The van der Waals surface area contributed by atoms with Gasteiger partial charge in [0.25, 0.3) is 6.02 Å². The van der Waals surface area contributed by atoms with Crippen molar-refractivity contribution in [1.29, 1.82) is 0 Å². The Labute approximate surface area is 103 Å². The number of nitrogens with zero attached hydrogens (tertiary/aromatic N) is 1. The summed E-state index contributed by atoms with van der Waals surface area (Å²) in [5.74, 6) is -1.53. The summed E-state index contributed by atoms with van der Waals surface area (Å²) in [6.45, 7) is 2.25. The summed E-state index contributed by atoms with van der Waals surface area (Å²) < 4.78 is 36.2. The van der Waals surface area contributed by atoms with Crippen LogP contribution >= 0.6 is 0 Å². The van der Waals surface area contributed by atoms with Gasteiger partial charge >= 0.3 is 0 Å². The molecule has 0 bridgehead atoms. The first kappa shape index (κ1) is 12.6. The second-order valence-electron chi connectivity index (χ2n) is 4.17. The van der Waals surface area contributed by atoms with E-state index in [2.05, 4.69) is 4.99 Å². The lowest BCUT2D eigenvalue weighted by atomic mass is 10.1. The van der Waals surface area contributed by atoms with Crippen LogP contribution in [0.2, 0.25) is 0 Å². The van der Waals surface area contributed by atoms with Gasteiger partial charge in [0.05, 0.1) is 12.1 Å². The predicted octanol–water partition coefficient (Wildman–Crippen LogP) is 1.84. The Morgan fingerprint density at radius 2 is 2.28 bits per heavy atom. The van der Waals surface area contributed by atoms with Crippen molar-refractivity contribution in [3.05, 3.63) is 29.8 Å². The number of benzene rings is 1. The second kappa shape index (κ2) is 5.20. The molecule has 1 heterocycles. The summed E-state index contributed by atoms with van der Waals surface area (Å²) in [7, 11) is 0. The highest BCUT2D eigenvalue weighted by atomic mass is 19.2. The van der Waals surface area contributed by atoms with Crippen molar-refractivity contribution in [2.45, 2.75) is 25.5 Å². The number of hydrogen-bond acceptors (Lipinski definition) is 4. The lowest BCUT2D eigenvalue weighted by molar-refractivity contribution is 0.188. The number of amidine groups is 1. The smallest absolute Gasteiger partial charge is 0.282 e. The maximum absolute atomic E-state index is 13.0. The second-order valence-corrected chi connectivity index (χ2v) is 4.17. The van der Waals surface area contributed by atoms with Crippen molar-refractivity contribution in [3.63, 3.8) is 0 Å². The first-order valence-electron chi connectivity index (χ1n) is 5.62. The van der Waals surface area contributed by atoms with Gasteiger partial charge in [-0.25, -0.2) is 13.8 Å². The summed E-state index contributed by atoms with van der Waals surface area (Å²) in [6.07, 6.45) is 0.401. The number of hydrogen-bond donors (Lipinski definition) is 1. The van der Waals surface area contributed by atoms with E-state index in [0.29, 0.717) is 13.0 Å². The third-order valence-electron chi connectivity index (χ3n) is 2.57. The molecule has 0 aliphatic carbocycles. The fourth-order valence-corrected chi connectivity index (χ4v) is 1.77. The number of aliphatic imine (C=N–C) groups is 1. The summed E-state index contributed by atoms with van der Waals surface area (Å²) in [5.41, 5.74) is 5.39. The topological polar surface area (TPSA) is 56.8 Å². The van der Waals surface area contributed by atoms with Crippen LogP contribution in [0.3, 0.4) is 0 Å². The van der Waals surface area contributed by atoms with Gasteiger partial charge in [-0.15, -0.1) is 0 Å². The van der Waals surface area contributed by atoms with Gasteiger partial charge in [0.15, 0.2) is 11.6 Å². The molecular formula is C12H14F2N2O2. The van der Waals surface area contributed by atoms with Crippen molar-refractivity contribution >= 4 is 6.02 Å². The molecule has 0 spiro atoms. The Bertz CT molecular complexity index is 465. The van der Waals surface area contributed by atoms with Gasteiger partial charge in [0, 0.05) is 12.5 Å². The molecule has 0 amide bonds. The molecule has 2 atom stereocenters. The van der Waals surface area contributed by atoms with Gasteiger partial charge in [0.2, 0.25) is 0 Å². The molecule has 1 aliphatic heterocycles. The zero-order chi connectivity index (χ0) is 13.1. The monoisotopic (exact) mass is 256 g/mol. The van der Waals surface area contributed by atoms with Crippen molar-refractivity contribution in [2.75, 3.05) is 6.61 Å². The summed E-state index contributed by atoms with van der Waals surface area (Å²) in [5, 5.41) is 0. The molecule has 2 N–H and O–H groups in total. The van der Waals surface area contributed by atoms with Gasteiger partial charge in [-0.05, 0) is 19.1 Å². The van der Waals surface area contributed by atoms with Gasteiger partial charge in [-0.3, -0.25) is 0 Å². The Morgan fingerprint density at radius 3 is 2.89 bits per heavy atom. The largest absolute Gasteiger partial charge is 0.491 e. The number of nitrogens with two attached hydrogens (primary N) is 1. The molecule has 0 saturated heterocycles. The molecule has 18 heavy (non-hydrogen) atoms. The van der Waals surface area contributed by atoms with E-state index in [4.69, 9.17) is 15.2 Å². The van der Waals surface area contributed by atoms with Crippen LogP contribution in [0.1, 0.15) is 13.3 Å². The minimum absolute atomic E-state index is 0.0507. The molecule has 1 aromatic rings. The molecule has 1 aromatic carbocycles. The number of ether oxygens (including phenoxy) is 2. The fourth-order valence-electron chi connectivity index (χ4n) is 1.77. The first-order valence-corrected chi connectivity index (χ1v) is 5.62. The molecule has 0 fully saturated rings. The summed E-state index contributed by atoms with van der Waals surface area (Å²) in [4.78, 5) is 4.06. The lowest BCUT2D eigenvalue weighted by Crippen LogP contribution is -2.20. The van der Waals surface area contributed by atoms with E-state index in [0.717, 1.165) is 12.1 Å². The van der Waals surface area contributed by atoms with Crippen LogP contribution < -0.4 is 10.5 Å². The molecule has 0 saturated carbocycles. The highest BCUT2D eigenvalue weighted by Gasteiger charge is 2.20. The van der Waals surface area contributed by atoms with Gasteiger partial charge in [0.1, 0.15) is 12.4 Å². The third-order valence-corrected chi connectivity index (χ3v) is 2.57. The Kier molecular flexibility index (Phi) is 3.64. The molecule has 0 radical (unpaired) electrons. The first-order chi connectivity index (χ1) is 8.54. The van der Waals surface area contributed by atoms with E-state index < -0.39 is 11.6 Å². The molecule has 98 valence electrons. The standard InChI is InChI=1S/C12H14F2N2O2/c1-7(4-8-6-17-12(15)16-8)18-9-2-3-10(13)11(14)5-9/h2-3,5,7-8H,4,6H2,1H3,(H2,15,16)/t7-,8+/m0/s1. The van der Waals surface area contributed by atoms with Crippen molar-refractivity contribution < 1.29 is 18.3 Å². The van der Waals surface area contributed by atoms with Crippen LogP contribution in [0.25, 0.3) is 0 Å². The van der Waals surface area contributed by atoms with E-state index in [1.165, 1.54) is 6.07 Å². The Hall–Kier alpha value is -1.85. The van der Waals surface area contributed by atoms with Crippen LogP contribution in [0.15, 0.2) is 23.2 Å². The van der Waals surface area contributed by atoms with Gasteiger partial charge in [-0.2, -0.15) is 0 Å². The van der Waals surface area contributed by atoms with Gasteiger partial charge in [-0.1, -0.05) is 0 Å². The van der Waals surface area contributed by atoms with E-state index >= 15 is 0 Å². The average molecular weight is 256 g/mol. The van der Waals surface area contributed by atoms with Gasteiger partial charge < -0.3 is 15.2 Å². The van der Waals surface area contributed by atoms with E-state index in [-0.39, 0.29) is 23.9 Å². The quantitative estimate of drug-likeness (QED) is 0.894. The summed E-state index contributed by atoms with van der Waals surface area (Å²) >= 11 is 0. The maximum atomic E-state index is 13.0. The van der Waals surface area contributed by atoms with Crippen molar-refractivity contribution in [3.8, 4) is 5.75 Å². The minimum atomic E-state index is -0.925. The van der Waals surface area contributed by atoms with Crippen molar-refractivity contribution in [2.24, 2.45) is 10.7 Å². The maximum Gasteiger partial charge on any atom is 0.282 e. The molecule has 1 aliphatic rings. The molecule has 0 aromatic heterocycles. The minimum Gasteiger partial charge on any atom is -0.491 e. The SMILES string of the molecule is C[C@@H](C[C@@H]1COC(N)=N1)Oc1ccc(F)c(F)c1. The highest BCUT2D eigenvalue weighted by molar-refractivity contribution is 5.72. The summed E-state index contributed by atoms with van der Waals surface area (Å²) in [6, 6.07) is 3.57. The predicted molar refractivity (Wildman–Crippen MR) is 62.4 cm³/mol. The van der Waals surface area contributed by atoms with Crippen LogP contribution in [-0.4, -0.2) is 24.8 Å². The third kappa shape index (κ3) is 3.09. The molecule has 4 nitrogen and oxygen atoms in total. The van der Waals surface area contributed by atoms with E-state index in [1.54, 1.807) is 0 Å². The molecule has 2 rings (SSSR count). The number of rotatable bonds is 4. The van der Waals surface area contributed by atoms with Crippen LogP contribution in [0.5, 0.6) is 5.75 Å². The Balaban J connectivity index is 1.90. The van der Waals surface area contributed by atoms with Crippen LogP contribution in [0.4, 0.5) is 8.78 Å². The normalized spacial score (nSPS) is 20.2.